The molecule has 0 atom stereocenters. The first-order valence-electron chi connectivity index (χ1n) is 6.47. The largest absolute Gasteiger partial charge is 0.463 e. The summed E-state index contributed by atoms with van der Waals surface area (Å²) >= 11 is 0. The third-order valence-electron chi connectivity index (χ3n) is 3.11. The molecule has 2 heterocycles. The van der Waals surface area contributed by atoms with Crippen molar-refractivity contribution in [2.24, 2.45) is 0 Å². The van der Waals surface area contributed by atoms with Gasteiger partial charge >= 0.3 is 0 Å². The summed E-state index contributed by atoms with van der Waals surface area (Å²) in [5.41, 5.74) is 2.27. The van der Waals surface area contributed by atoms with Crippen LogP contribution in [0.3, 0.4) is 0 Å². The van der Waals surface area contributed by atoms with E-state index in [1.54, 1.807) is 0 Å². The molecule has 0 aliphatic carbocycles. The number of aryl methyl sites for hydroxylation is 1. The van der Waals surface area contributed by atoms with E-state index in [1.165, 1.54) is 5.69 Å². The zero-order chi connectivity index (χ0) is 13.0. The lowest BCUT2D eigenvalue weighted by atomic mass is 10.3. The molecule has 2 aromatic heterocycles. The minimum absolute atomic E-state index is 0.750. The fraction of sp³-hybridized carbons (Fsp3) is 0.500. The molecule has 0 unspecified atom stereocenters. The number of aromatic nitrogens is 2. The maximum absolute atomic E-state index is 5.79. The molecule has 0 aliphatic heterocycles. The van der Waals surface area contributed by atoms with Crippen LogP contribution in [0.2, 0.25) is 0 Å². The molecule has 0 radical (unpaired) electrons. The molecule has 0 saturated carbocycles. The first-order valence-corrected chi connectivity index (χ1v) is 6.47. The Morgan fingerprint density at radius 2 is 2.06 bits per heavy atom. The van der Waals surface area contributed by atoms with Gasteiger partial charge in [0.1, 0.15) is 11.5 Å². The Bertz CT molecular complexity index is 499. The highest BCUT2D eigenvalue weighted by atomic mass is 16.3. The van der Waals surface area contributed by atoms with Crippen LogP contribution in [0.15, 0.2) is 22.9 Å². The first-order chi connectivity index (χ1) is 8.70. The van der Waals surface area contributed by atoms with Crippen molar-refractivity contribution in [3.8, 4) is 0 Å². The second kappa shape index (κ2) is 5.87. The van der Waals surface area contributed by atoms with Gasteiger partial charge in [-0.3, -0.25) is 0 Å². The molecule has 2 aromatic rings. The molecule has 18 heavy (non-hydrogen) atoms. The van der Waals surface area contributed by atoms with Crippen LogP contribution in [0.1, 0.15) is 36.3 Å². The zero-order valence-corrected chi connectivity index (χ0v) is 11.4. The van der Waals surface area contributed by atoms with Gasteiger partial charge in [-0.15, -0.1) is 0 Å². The van der Waals surface area contributed by atoms with Crippen molar-refractivity contribution in [2.45, 2.75) is 40.3 Å². The smallest absolute Gasteiger partial charge is 0.123 e. The summed E-state index contributed by atoms with van der Waals surface area (Å²) < 4.78 is 7.90. The summed E-state index contributed by atoms with van der Waals surface area (Å²) in [6, 6.07) is 4.08. The van der Waals surface area contributed by atoms with E-state index in [0.29, 0.717) is 0 Å². The predicted octanol–water partition coefficient (Wildman–Crippen LogP) is 2.64. The lowest BCUT2D eigenvalue weighted by Gasteiger charge is -2.03. The van der Waals surface area contributed by atoms with Crippen molar-refractivity contribution < 1.29 is 4.42 Å². The third kappa shape index (κ3) is 3.01. The molecule has 0 saturated heterocycles. The van der Waals surface area contributed by atoms with E-state index in [-0.39, 0.29) is 0 Å². The molecule has 0 bridgehead atoms. The molecule has 1 N–H and O–H groups in total. The van der Waals surface area contributed by atoms with Crippen LogP contribution in [0.4, 0.5) is 0 Å². The summed E-state index contributed by atoms with van der Waals surface area (Å²) in [5.74, 6) is 1.97. The molecule has 0 fully saturated rings. The lowest BCUT2D eigenvalue weighted by molar-refractivity contribution is 0.436. The van der Waals surface area contributed by atoms with E-state index in [2.05, 4.69) is 28.7 Å². The van der Waals surface area contributed by atoms with Crippen LogP contribution in [-0.2, 0) is 13.1 Å². The SMILES string of the molecule is CCCNCc1ccc(Cn2cnc(C)c2C)o1. The minimum Gasteiger partial charge on any atom is -0.463 e. The Morgan fingerprint density at radius 1 is 1.28 bits per heavy atom. The van der Waals surface area contributed by atoms with E-state index in [4.69, 9.17) is 4.42 Å². The van der Waals surface area contributed by atoms with E-state index in [9.17, 15) is 0 Å². The summed E-state index contributed by atoms with van der Waals surface area (Å²) in [6.45, 7) is 8.83. The highest BCUT2D eigenvalue weighted by Gasteiger charge is 2.06. The fourth-order valence-corrected chi connectivity index (χ4v) is 1.86. The average Bonchev–Trinajstić information content (AvgIpc) is 2.92. The van der Waals surface area contributed by atoms with Crippen LogP contribution >= 0.6 is 0 Å². The van der Waals surface area contributed by atoms with Crippen molar-refractivity contribution in [3.63, 3.8) is 0 Å². The van der Waals surface area contributed by atoms with E-state index < -0.39 is 0 Å². The number of nitrogens with one attached hydrogen (secondary N) is 1. The molecular weight excluding hydrogens is 226 g/mol. The monoisotopic (exact) mass is 247 g/mol. The molecule has 98 valence electrons. The van der Waals surface area contributed by atoms with E-state index in [0.717, 1.165) is 43.3 Å². The van der Waals surface area contributed by atoms with Gasteiger partial charge in [0.05, 0.1) is 25.1 Å². The van der Waals surface area contributed by atoms with Gasteiger partial charge in [-0.1, -0.05) is 6.92 Å². The van der Waals surface area contributed by atoms with Gasteiger partial charge in [0.25, 0.3) is 0 Å². The number of hydrogen-bond acceptors (Lipinski definition) is 3. The number of imidazole rings is 1. The standard InChI is InChI=1S/C14H21N3O/c1-4-7-15-8-13-5-6-14(18-13)9-17-10-16-11(2)12(17)3/h5-6,10,15H,4,7-9H2,1-3H3. The predicted molar refractivity (Wildman–Crippen MR) is 71.5 cm³/mol. The normalized spacial score (nSPS) is 11.1. The average molecular weight is 247 g/mol. The Hall–Kier alpha value is -1.55. The van der Waals surface area contributed by atoms with Crippen LogP contribution in [0.25, 0.3) is 0 Å². The maximum atomic E-state index is 5.79. The summed E-state index contributed by atoms with van der Waals surface area (Å²) in [6.07, 6.45) is 3.00. The van der Waals surface area contributed by atoms with Crippen LogP contribution in [-0.4, -0.2) is 16.1 Å². The van der Waals surface area contributed by atoms with Gasteiger partial charge < -0.3 is 14.3 Å². The Morgan fingerprint density at radius 3 is 2.72 bits per heavy atom. The van der Waals surface area contributed by atoms with Gasteiger partial charge in [-0.05, 0) is 38.9 Å². The number of hydrogen-bond donors (Lipinski definition) is 1. The number of nitrogens with zero attached hydrogens (tertiary/aromatic N) is 2. The second-order valence-corrected chi connectivity index (χ2v) is 4.59. The molecule has 0 aliphatic rings. The van der Waals surface area contributed by atoms with Crippen molar-refractivity contribution in [1.29, 1.82) is 0 Å². The van der Waals surface area contributed by atoms with E-state index in [1.807, 2.05) is 25.4 Å². The van der Waals surface area contributed by atoms with Crippen molar-refractivity contribution in [1.82, 2.24) is 14.9 Å². The van der Waals surface area contributed by atoms with Gasteiger partial charge in [0.2, 0.25) is 0 Å². The molecule has 0 spiro atoms. The van der Waals surface area contributed by atoms with Gasteiger partial charge in [-0.2, -0.15) is 0 Å². The summed E-state index contributed by atoms with van der Waals surface area (Å²) in [5, 5.41) is 3.33. The van der Waals surface area contributed by atoms with Crippen LogP contribution in [0.5, 0.6) is 0 Å². The number of rotatable bonds is 6. The van der Waals surface area contributed by atoms with Gasteiger partial charge in [-0.25, -0.2) is 4.98 Å². The number of furan rings is 1. The maximum Gasteiger partial charge on any atom is 0.123 e. The van der Waals surface area contributed by atoms with Crippen molar-refractivity contribution in [2.75, 3.05) is 6.54 Å². The molecular formula is C14H21N3O. The third-order valence-corrected chi connectivity index (χ3v) is 3.11. The first kappa shape index (κ1) is 12.9. The quantitative estimate of drug-likeness (QED) is 0.798. The highest BCUT2D eigenvalue weighted by Crippen LogP contribution is 2.12. The van der Waals surface area contributed by atoms with Gasteiger partial charge in [0.15, 0.2) is 0 Å². The Balaban J connectivity index is 1.96. The molecule has 0 aromatic carbocycles. The van der Waals surface area contributed by atoms with Crippen LogP contribution < -0.4 is 5.32 Å². The molecule has 0 amide bonds. The fourth-order valence-electron chi connectivity index (χ4n) is 1.86. The molecule has 2 rings (SSSR count). The molecule has 4 heteroatoms. The van der Waals surface area contributed by atoms with E-state index >= 15 is 0 Å². The topological polar surface area (TPSA) is 43.0 Å². The second-order valence-electron chi connectivity index (χ2n) is 4.59. The molecule has 4 nitrogen and oxygen atoms in total. The highest BCUT2D eigenvalue weighted by molar-refractivity contribution is 5.12. The van der Waals surface area contributed by atoms with Crippen molar-refractivity contribution >= 4 is 0 Å². The van der Waals surface area contributed by atoms with Crippen molar-refractivity contribution in [3.05, 3.63) is 41.4 Å². The van der Waals surface area contributed by atoms with Gasteiger partial charge in [0, 0.05) is 5.69 Å². The lowest BCUT2D eigenvalue weighted by Crippen LogP contribution is -2.13. The summed E-state index contributed by atoms with van der Waals surface area (Å²) in [7, 11) is 0. The Labute approximate surface area is 108 Å². The minimum atomic E-state index is 0.750. The Kier molecular flexibility index (Phi) is 4.20. The van der Waals surface area contributed by atoms with Crippen LogP contribution in [0, 0.1) is 13.8 Å². The summed E-state index contributed by atoms with van der Waals surface area (Å²) in [4.78, 5) is 4.29. The zero-order valence-electron chi connectivity index (χ0n) is 11.4.